The molecule has 0 aliphatic heterocycles. The summed E-state index contributed by atoms with van der Waals surface area (Å²) in [6, 6.07) is 0. The molecule has 0 N–H and O–H groups in total. The molecule has 0 amide bonds. The topological polar surface area (TPSA) is 17.1 Å². The van der Waals surface area contributed by atoms with Gasteiger partial charge in [-0.05, 0) is 6.42 Å². The molecule has 1 aliphatic rings. The molecule has 1 aliphatic carbocycles. The van der Waals surface area contributed by atoms with E-state index in [2.05, 4.69) is 6.08 Å². The fourth-order valence-electron chi connectivity index (χ4n) is 1.04. The van der Waals surface area contributed by atoms with Gasteiger partial charge in [0.2, 0.25) is 0 Å². The van der Waals surface area contributed by atoms with Crippen LogP contribution in [0, 0.1) is 6.08 Å². The van der Waals surface area contributed by atoms with Crippen molar-refractivity contribution in [1.29, 1.82) is 0 Å². The minimum Gasteiger partial charge on any atom is -1.00 e. The van der Waals surface area contributed by atoms with Crippen LogP contribution < -0.4 is 51.4 Å². The first kappa shape index (κ1) is 11.8. The van der Waals surface area contributed by atoms with Crippen LogP contribution in [0.1, 0.15) is 28.6 Å². The van der Waals surface area contributed by atoms with Gasteiger partial charge in [-0.25, -0.2) is 11.6 Å². The summed E-state index contributed by atoms with van der Waals surface area (Å²) < 4.78 is 0. The third-order valence-corrected chi connectivity index (χ3v) is 1.81. The number of carbonyl (C=O) groups is 1. The predicted molar refractivity (Wildman–Crippen MR) is 41.5 cm³/mol. The SMILES string of the molecule is CC1=[C-]C(C)=C(C)C(=O)C1.[2H-].[K+]. The molecule has 0 aromatic heterocycles. The van der Waals surface area contributed by atoms with Crippen molar-refractivity contribution in [3.05, 3.63) is 22.8 Å². The Bertz CT molecular complexity index is 241. The van der Waals surface area contributed by atoms with Crippen molar-refractivity contribution in [3.8, 4) is 0 Å². The summed E-state index contributed by atoms with van der Waals surface area (Å²) in [7, 11) is 0. The molecule has 0 saturated heterocycles. The third-order valence-electron chi connectivity index (χ3n) is 1.81. The van der Waals surface area contributed by atoms with E-state index in [1.165, 1.54) is 0 Å². The molecular formula is C9H12KO-. The zero-order valence-electron chi connectivity index (χ0n) is 8.62. The van der Waals surface area contributed by atoms with Crippen LogP contribution in [0.5, 0.6) is 0 Å². The number of ketones is 1. The average Bonchev–Trinajstić information content (AvgIpc) is 1.82. The van der Waals surface area contributed by atoms with E-state index in [1.807, 2.05) is 20.8 Å². The molecule has 2 heteroatoms. The summed E-state index contributed by atoms with van der Waals surface area (Å²) in [5.74, 6) is 0.244. The van der Waals surface area contributed by atoms with E-state index < -0.39 is 0 Å². The zero-order valence-corrected chi connectivity index (χ0v) is 10.7. The van der Waals surface area contributed by atoms with Crippen LogP contribution in [0.4, 0.5) is 0 Å². The molecule has 0 atom stereocenters. The van der Waals surface area contributed by atoms with Gasteiger partial charge in [-0.15, -0.1) is 6.92 Å². The quantitative estimate of drug-likeness (QED) is 0.347. The third kappa shape index (κ3) is 2.96. The van der Waals surface area contributed by atoms with E-state index in [0.29, 0.717) is 6.42 Å². The van der Waals surface area contributed by atoms with Crippen LogP contribution in [0.15, 0.2) is 16.7 Å². The summed E-state index contributed by atoms with van der Waals surface area (Å²) >= 11 is 0. The second kappa shape index (κ2) is 4.72. The molecule has 0 unspecified atom stereocenters. The summed E-state index contributed by atoms with van der Waals surface area (Å²) in [6.45, 7) is 5.72. The molecule has 0 saturated carbocycles. The monoisotopic (exact) mass is 176 g/mol. The van der Waals surface area contributed by atoms with Crippen LogP contribution in [0.3, 0.4) is 0 Å². The van der Waals surface area contributed by atoms with Crippen molar-refractivity contribution in [1.82, 2.24) is 0 Å². The first-order valence-corrected chi connectivity index (χ1v) is 3.41. The maximum absolute atomic E-state index is 11.1. The van der Waals surface area contributed by atoms with Crippen molar-refractivity contribution in [2.75, 3.05) is 0 Å². The van der Waals surface area contributed by atoms with Crippen molar-refractivity contribution < 1.29 is 57.6 Å². The molecule has 0 radical (unpaired) electrons. The van der Waals surface area contributed by atoms with Crippen LogP contribution in [0.2, 0.25) is 0 Å². The van der Waals surface area contributed by atoms with E-state index in [9.17, 15) is 4.79 Å². The van der Waals surface area contributed by atoms with Crippen molar-refractivity contribution in [2.24, 2.45) is 0 Å². The minimum absolute atomic E-state index is 0. The molecule has 11 heavy (non-hydrogen) atoms. The van der Waals surface area contributed by atoms with Crippen molar-refractivity contribution >= 4 is 5.78 Å². The molecule has 0 spiro atoms. The zero-order chi connectivity index (χ0) is 7.72. The molecule has 0 fully saturated rings. The van der Waals surface area contributed by atoms with E-state index in [0.717, 1.165) is 16.7 Å². The normalized spacial score (nSPS) is 17.7. The van der Waals surface area contributed by atoms with Gasteiger partial charge in [0.05, 0.1) is 5.78 Å². The van der Waals surface area contributed by atoms with Crippen molar-refractivity contribution in [3.63, 3.8) is 0 Å². The summed E-state index contributed by atoms with van der Waals surface area (Å²) in [6.07, 6.45) is 3.69. The predicted octanol–water partition coefficient (Wildman–Crippen LogP) is -0.838. The van der Waals surface area contributed by atoms with Crippen LogP contribution in [0.25, 0.3) is 0 Å². The first-order chi connectivity index (χ1) is 4.61. The average molecular weight is 176 g/mol. The number of hydrogen-bond acceptors (Lipinski definition) is 1. The number of hydrogen-bond donors (Lipinski definition) is 0. The molecule has 0 aromatic rings. The Balaban J connectivity index is 0. The summed E-state index contributed by atoms with van der Waals surface area (Å²) in [5, 5.41) is 0. The standard InChI is InChI=1S/C9H11O.K.H/c1-6-4-7(2)8(3)9(10)5-6;;/h5H2,1-3H3;;/q-1;+1;-1/i;;1+1. The van der Waals surface area contributed by atoms with Gasteiger partial charge in [-0.1, -0.05) is 13.8 Å². The Morgan fingerprint density at radius 3 is 2.36 bits per heavy atom. The van der Waals surface area contributed by atoms with E-state index in [1.54, 1.807) is 0 Å². The van der Waals surface area contributed by atoms with E-state index >= 15 is 0 Å². The smallest absolute Gasteiger partial charge is 1.00 e. The van der Waals surface area contributed by atoms with Crippen LogP contribution >= 0.6 is 0 Å². The maximum Gasteiger partial charge on any atom is 1.00 e. The molecule has 1 nitrogen and oxygen atoms in total. The molecule has 1 rings (SSSR count). The van der Waals surface area contributed by atoms with Gasteiger partial charge in [-0.3, -0.25) is 0 Å². The summed E-state index contributed by atoms with van der Waals surface area (Å²) in [5.41, 5.74) is 2.91. The number of rotatable bonds is 0. The Morgan fingerprint density at radius 1 is 1.36 bits per heavy atom. The Kier molecular flexibility index (Phi) is 5.06. The number of carbonyl (C=O) groups excluding carboxylic acids is 1. The van der Waals surface area contributed by atoms with E-state index in [-0.39, 0.29) is 58.6 Å². The fourth-order valence-corrected chi connectivity index (χ4v) is 1.04. The second-order valence-corrected chi connectivity index (χ2v) is 2.76. The Labute approximate surface area is 112 Å². The number of Topliss-reactive ketones (excluding diaryl/α,β-unsaturated/α-hetero) is 1. The van der Waals surface area contributed by atoms with E-state index in [4.69, 9.17) is 0 Å². The number of allylic oxidation sites excluding steroid dienone is 4. The van der Waals surface area contributed by atoms with Gasteiger partial charge in [0, 0.05) is 0 Å². The van der Waals surface area contributed by atoms with Gasteiger partial charge >= 0.3 is 51.4 Å². The van der Waals surface area contributed by atoms with Gasteiger partial charge < -0.3 is 6.22 Å². The molecule has 0 heterocycles. The van der Waals surface area contributed by atoms with Gasteiger partial charge in [0.25, 0.3) is 0 Å². The first-order valence-electron chi connectivity index (χ1n) is 3.41. The second-order valence-electron chi connectivity index (χ2n) is 2.76. The van der Waals surface area contributed by atoms with Crippen LogP contribution in [-0.4, -0.2) is 5.78 Å². The van der Waals surface area contributed by atoms with Gasteiger partial charge in [-0.2, -0.15) is 11.1 Å². The maximum atomic E-state index is 11.1. The minimum atomic E-state index is 0. The van der Waals surface area contributed by atoms with Gasteiger partial charge in [0.1, 0.15) is 0 Å². The molecule has 0 aromatic carbocycles. The fraction of sp³-hybridized carbons (Fsp3) is 0.444. The van der Waals surface area contributed by atoms with Crippen LogP contribution in [-0.2, 0) is 4.79 Å². The van der Waals surface area contributed by atoms with Gasteiger partial charge in [0.15, 0.2) is 0 Å². The van der Waals surface area contributed by atoms with Crippen molar-refractivity contribution in [2.45, 2.75) is 27.2 Å². The molecule has 56 valence electrons. The Hall–Kier alpha value is 0.786. The summed E-state index contributed by atoms with van der Waals surface area (Å²) in [4.78, 5) is 11.1. The molecular weight excluding hydrogens is 163 g/mol. The Morgan fingerprint density at radius 2 is 1.91 bits per heavy atom. The largest absolute Gasteiger partial charge is 1.00 e. The molecule has 0 bridgehead atoms.